The Morgan fingerprint density at radius 2 is 2.00 bits per heavy atom. The number of carbonyl (C=O) groups is 2. The van der Waals surface area contributed by atoms with E-state index in [1.54, 1.807) is 18.7 Å². The number of aromatic nitrogens is 1. The molecule has 0 aromatic carbocycles. The quantitative estimate of drug-likeness (QED) is 0.452. The van der Waals surface area contributed by atoms with Crippen LogP contribution in [0.5, 0.6) is 0 Å². The van der Waals surface area contributed by atoms with E-state index in [0.717, 1.165) is 61.0 Å². The first-order chi connectivity index (χ1) is 17.7. The number of amides is 1. The predicted octanol–water partition coefficient (Wildman–Crippen LogP) is 4.59. The highest BCUT2D eigenvalue weighted by Gasteiger charge is 2.57. The Hall–Kier alpha value is -1.64. The molecule has 4 bridgehead atoms. The van der Waals surface area contributed by atoms with Crippen molar-refractivity contribution in [3.8, 4) is 0 Å². The van der Waals surface area contributed by atoms with Gasteiger partial charge in [-0.1, -0.05) is 13.8 Å². The molecule has 2 N–H and O–H groups in total. The number of hydrogen-bond donors (Lipinski definition) is 2. The van der Waals surface area contributed by atoms with Crippen molar-refractivity contribution in [2.45, 2.75) is 87.3 Å². The lowest BCUT2D eigenvalue weighted by Crippen LogP contribution is -2.62. The maximum absolute atomic E-state index is 14.0. The molecule has 3 unspecified atom stereocenters. The summed E-state index contributed by atoms with van der Waals surface area (Å²) in [4.78, 5) is 33.2. The minimum Gasteiger partial charge on any atom is -0.481 e. The highest BCUT2D eigenvalue weighted by Crippen LogP contribution is 2.58. The van der Waals surface area contributed by atoms with E-state index in [2.05, 4.69) is 12.2 Å². The molecular formula is C29H43N3O4S. The summed E-state index contributed by atoms with van der Waals surface area (Å²) in [6.07, 6.45) is 8.34. The number of piperidine rings is 1. The number of carboxylic acid groups (broad SMARTS) is 1. The third kappa shape index (κ3) is 4.71. The van der Waals surface area contributed by atoms with Crippen LogP contribution in [0.25, 0.3) is 0 Å². The number of aliphatic carboxylic acids is 1. The van der Waals surface area contributed by atoms with E-state index in [1.165, 1.54) is 19.3 Å². The van der Waals surface area contributed by atoms with E-state index in [1.807, 2.05) is 31.2 Å². The first kappa shape index (κ1) is 26.9. The van der Waals surface area contributed by atoms with Crippen LogP contribution in [-0.4, -0.2) is 71.5 Å². The summed E-state index contributed by atoms with van der Waals surface area (Å²) in [5.74, 6) is 1.26. The molecule has 5 aliphatic rings. The lowest BCUT2D eigenvalue weighted by atomic mass is 9.52. The van der Waals surface area contributed by atoms with E-state index in [0.29, 0.717) is 23.9 Å². The van der Waals surface area contributed by atoms with Crippen LogP contribution in [0.2, 0.25) is 0 Å². The number of carbonyl (C=O) groups excluding carboxylic acids is 1. The fourth-order valence-electron chi connectivity index (χ4n) is 8.30. The Balaban J connectivity index is 1.45. The van der Waals surface area contributed by atoms with Crippen LogP contribution in [0.1, 0.15) is 81.3 Å². The van der Waals surface area contributed by atoms with Crippen molar-refractivity contribution in [1.82, 2.24) is 15.2 Å². The SMILES string of the molecule is CCCSc1nc([C@]2(C(C)C(=O)O)CCCNC2)ccc1C(=O)N(C)C1C2CC3CC1CC(OC)(C3)C2. The van der Waals surface area contributed by atoms with E-state index < -0.39 is 17.3 Å². The van der Waals surface area contributed by atoms with E-state index >= 15 is 0 Å². The van der Waals surface area contributed by atoms with E-state index in [4.69, 9.17) is 9.72 Å². The number of thioether (sulfide) groups is 1. The van der Waals surface area contributed by atoms with Gasteiger partial charge in [0.15, 0.2) is 0 Å². The van der Waals surface area contributed by atoms with Gasteiger partial charge in [-0.05, 0) is 93.6 Å². The first-order valence-electron chi connectivity index (χ1n) is 14.1. The molecule has 1 aliphatic heterocycles. The molecule has 37 heavy (non-hydrogen) atoms. The van der Waals surface area contributed by atoms with Gasteiger partial charge in [0.2, 0.25) is 0 Å². The Bertz CT molecular complexity index is 1010. The molecule has 1 saturated heterocycles. The van der Waals surface area contributed by atoms with Crippen molar-refractivity contribution < 1.29 is 19.4 Å². The monoisotopic (exact) mass is 529 g/mol. The zero-order chi connectivity index (χ0) is 26.4. The molecule has 0 spiro atoms. The van der Waals surface area contributed by atoms with Gasteiger partial charge in [-0.25, -0.2) is 4.98 Å². The summed E-state index contributed by atoms with van der Waals surface area (Å²) in [6, 6.07) is 4.11. The minimum atomic E-state index is -0.802. The summed E-state index contributed by atoms with van der Waals surface area (Å²) in [5, 5.41) is 14.1. The molecule has 5 fully saturated rings. The Kier molecular flexibility index (Phi) is 7.64. The Labute approximate surface area is 225 Å². The van der Waals surface area contributed by atoms with Gasteiger partial charge in [-0.3, -0.25) is 9.59 Å². The summed E-state index contributed by atoms with van der Waals surface area (Å²) in [6.45, 7) is 5.40. The lowest BCUT2D eigenvalue weighted by molar-refractivity contribution is -0.168. The zero-order valence-electron chi connectivity index (χ0n) is 22.8. The van der Waals surface area contributed by atoms with Gasteiger partial charge in [-0.15, -0.1) is 11.8 Å². The topological polar surface area (TPSA) is 91.8 Å². The number of methoxy groups -OCH3 is 1. The fraction of sp³-hybridized carbons (Fsp3) is 0.759. The molecule has 4 atom stereocenters. The highest BCUT2D eigenvalue weighted by atomic mass is 32.2. The fourth-order valence-corrected chi connectivity index (χ4v) is 9.17. The number of pyridine rings is 1. The molecule has 2 heterocycles. The molecule has 1 aromatic heterocycles. The highest BCUT2D eigenvalue weighted by molar-refractivity contribution is 7.99. The minimum absolute atomic E-state index is 0.0193. The van der Waals surface area contributed by atoms with Crippen LogP contribution >= 0.6 is 11.8 Å². The number of carboxylic acids is 1. The van der Waals surface area contributed by atoms with Crippen LogP contribution in [0.3, 0.4) is 0 Å². The molecule has 204 valence electrons. The van der Waals surface area contributed by atoms with Gasteiger partial charge < -0.3 is 20.1 Å². The molecule has 6 rings (SSSR count). The Morgan fingerprint density at radius 1 is 1.27 bits per heavy atom. The van der Waals surface area contributed by atoms with Gasteiger partial charge in [0, 0.05) is 32.2 Å². The lowest BCUT2D eigenvalue weighted by Gasteiger charge is -2.60. The molecule has 4 saturated carbocycles. The van der Waals surface area contributed by atoms with Gasteiger partial charge >= 0.3 is 5.97 Å². The molecule has 7 nitrogen and oxygen atoms in total. The van der Waals surface area contributed by atoms with Crippen molar-refractivity contribution in [2.24, 2.45) is 23.7 Å². The summed E-state index contributed by atoms with van der Waals surface area (Å²) >= 11 is 1.62. The molecular weight excluding hydrogens is 486 g/mol. The number of nitrogens with one attached hydrogen (secondary N) is 1. The van der Waals surface area contributed by atoms with Gasteiger partial charge in [-0.2, -0.15) is 0 Å². The van der Waals surface area contributed by atoms with E-state index in [9.17, 15) is 14.7 Å². The van der Waals surface area contributed by atoms with Gasteiger partial charge in [0.05, 0.1) is 22.8 Å². The summed E-state index contributed by atoms with van der Waals surface area (Å²) in [5.41, 5.74) is 0.895. The maximum atomic E-state index is 14.0. The number of nitrogens with zero attached hydrogens (tertiary/aromatic N) is 2. The van der Waals surface area contributed by atoms with Crippen molar-refractivity contribution in [2.75, 3.05) is 33.0 Å². The third-order valence-corrected chi connectivity index (χ3v) is 11.2. The van der Waals surface area contributed by atoms with Gasteiger partial charge in [0.25, 0.3) is 5.91 Å². The van der Waals surface area contributed by atoms with Crippen molar-refractivity contribution >= 4 is 23.6 Å². The third-order valence-electron chi connectivity index (χ3n) is 10.0. The average Bonchev–Trinajstić information content (AvgIpc) is 2.90. The van der Waals surface area contributed by atoms with Crippen LogP contribution < -0.4 is 5.32 Å². The number of hydrogen-bond acceptors (Lipinski definition) is 6. The molecule has 8 heteroatoms. The van der Waals surface area contributed by atoms with E-state index in [-0.39, 0.29) is 17.6 Å². The zero-order valence-corrected chi connectivity index (χ0v) is 23.6. The second-order valence-electron chi connectivity index (χ2n) is 12.2. The van der Waals surface area contributed by atoms with Crippen molar-refractivity contribution in [3.63, 3.8) is 0 Å². The second kappa shape index (κ2) is 10.5. The second-order valence-corrected chi connectivity index (χ2v) is 13.2. The average molecular weight is 530 g/mol. The van der Waals surface area contributed by atoms with Gasteiger partial charge in [0.1, 0.15) is 5.03 Å². The number of ether oxygens (including phenoxy) is 1. The summed E-state index contributed by atoms with van der Waals surface area (Å²) < 4.78 is 6.04. The normalized spacial score (nSPS) is 35.4. The maximum Gasteiger partial charge on any atom is 0.307 e. The standard InChI is InChI=1S/C29H43N3O4S/c1-5-11-37-25-22(7-8-23(31-25)29(18(2)27(34)35)9-6-10-30-17-29)26(33)32(3)24-20-12-19-13-21(24)16-28(14-19,15-20)36-4/h7-8,18-21,24,30H,5-6,9-17H2,1-4H3,(H,34,35)/t18?,19?,20?,21?,24?,28?,29-/m1/s1. The number of rotatable bonds is 9. The largest absolute Gasteiger partial charge is 0.481 e. The van der Waals surface area contributed by atoms with Crippen LogP contribution in [0.15, 0.2) is 17.2 Å². The smallest absolute Gasteiger partial charge is 0.307 e. The predicted molar refractivity (Wildman–Crippen MR) is 145 cm³/mol. The molecule has 1 aromatic rings. The van der Waals surface area contributed by atoms with Crippen LogP contribution in [0, 0.1) is 23.7 Å². The molecule has 1 amide bonds. The van der Waals surface area contributed by atoms with Crippen molar-refractivity contribution in [3.05, 3.63) is 23.4 Å². The molecule has 4 aliphatic carbocycles. The first-order valence-corrected chi connectivity index (χ1v) is 15.1. The van der Waals surface area contributed by atoms with Crippen LogP contribution in [-0.2, 0) is 14.9 Å². The molecule has 0 radical (unpaired) electrons. The Morgan fingerprint density at radius 3 is 2.59 bits per heavy atom. The summed E-state index contributed by atoms with van der Waals surface area (Å²) in [7, 11) is 3.84. The van der Waals surface area contributed by atoms with Crippen molar-refractivity contribution in [1.29, 1.82) is 0 Å². The van der Waals surface area contributed by atoms with Crippen LogP contribution in [0.4, 0.5) is 0 Å².